The van der Waals surface area contributed by atoms with Gasteiger partial charge in [-0.25, -0.2) is 8.78 Å². The molecule has 3 N–H and O–H groups in total. The van der Waals surface area contributed by atoms with Gasteiger partial charge in [0.25, 0.3) is 5.91 Å². The van der Waals surface area contributed by atoms with Crippen molar-refractivity contribution in [2.24, 2.45) is 11.8 Å². The molecule has 1 aromatic rings. The van der Waals surface area contributed by atoms with Gasteiger partial charge in [0, 0.05) is 38.1 Å². The topological polar surface area (TPSA) is 77.1 Å². The summed E-state index contributed by atoms with van der Waals surface area (Å²) in [6, 6.07) is 3.08. The summed E-state index contributed by atoms with van der Waals surface area (Å²) in [5, 5.41) is 17.2. The molecule has 36 heavy (non-hydrogen) atoms. The van der Waals surface area contributed by atoms with Gasteiger partial charge >= 0.3 is 0 Å². The number of aliphatic hydroxyl groups excluding tert-OH is 1. The molecule has 3 aliphatic heterocycles. The summed E-state index contributed by atoms with van der Waals surface area (Å²) in [4.78, 5) is 17.3. The number of ether oxygens (including phenoxy) is 1. The molecule has 0 saturated carbocycles. The molecule has 0 bridgehead atoms. The molecule has 1 aromatic carbocycles. The van der Waals surface area contributed by atoms with E-state index >= 15 is 0 Å². The SMILES string of the molecule is C=C(C)CN1C=C(c2cc(F)ccc2F)NC1C(C1CCOCC1)N(CC1CCNC1)C(=O)[C@H](C)O. The summed E-state index contributed by atoms with van der Waals surface area (Å²) < 4.78 is 34.4. The maximum absolute atomic E-state index is 14.8. The molecule has 1 amide bonds. The number of amides is 1. The van der Waals surface area contributed by atoms with Crippen molar-refractivity contribution in [1.82, 2.24) is 20.4 Å². The third-order valence-corrected chi connectivity index (χ3v) is 7.32. The normalized spacial score (nSPS) is 24.2. The summed E-state index contributed by atoms with van der Waals surface area (Å²) >= 11 is 0. The monoisotopic (exact) mass is 504 g/mol. The highest BCUT2D eigenvalue weighted by molar-refractivity contribution is 5.81. The van der Waals surface area contributed by atoms with Crippen LogP contribution in [0.25, 0.3) is 5.70 Å². The van der Waals surface area contributed by atoms with Crippen LogP contribution in [0.5, 0.6) is 0 Å². The predicted octanol–water partition coefficient (Wildman–Crippen LogP) is 2.68. The summed E-state index contributed by atoms with van der Waals surface area (Å²) in [6.45, 7) is 11.4. The molecule has 9 heteroatoms. The molecule has 0 spiro atoms. The Balaban J connectivity index is 1.73. The maximum Gasteiger partial charge on any atom is 0.251 e. The summed E-state index contributed by atoms with van der Waals surface area (Å²) in [7, 11) is 0. The van der Waals surface area contributed by atoms with Crippen molar-refractivity contribution >= 4 is 11.6 Å². The number of carbonyl (C=O) groups is 1. The molecular formula is C27H38F2N4O3. The lowest BCUT2D eigenvalue weighted by atomic mass is 9.87. The molecule has 7 nitrogen and oxygen atoms in total. The Labute approximate surface area is 212 Å². The van der Waals surface area contributed by atoms with Crippen molar-refractivity contribution in [2.75, 3.05) is 39.4 Å². The van der Waals surface area contributed by atoms with Crippen LogP contribution in [0.15, 0.2) is 36.6 Å². The molecule has 0 aliphatic carbocycles. The molecule has 0 aromatic heterocycles. The quantitative estimate of drug-likeness (QED) is 0.449. The zero-order chi connectivity index (χ0) is 25.8. The van der Waals surface area contributed by atoms with E-state index in [0.29, 0.717) is 32.0 Å². The molecule has 0 radical (unpaired) electrons. The van der Waals surface area contributed by atoms with Crippen LogP contribution < -0.4 is 10.6 Å². The third kappa shape index (κ3) is 6.07. The number of benzene rings is 1. The van der Waals surface area contributed by atoms with Crippen LogP contribution in [0.4, 0.5) is 8.78 Å². The molecule has 2 fully saturated rings. The first kappa shape index (κ1) is 26.6. The fourth-order valence-corrected chi connectivity index (χ4v) is 5.60. The van der Waals surface area contributed by atoms with Gasteiger partial charge in [-0.2, -0.15) is 0 Å². The number of carbonyl (C=O) groups excluding carboxylic acids is 1. The number of hydrogen-bond donors (Lipinski definition) is 3. The number of hydrogen-bond acceptors (Lipinski definition) is 6. The third-order valence-electron chi connectivity index (χ3n) is 7.32. The average molecular weight is 505 g/mol. The van der Waals surface area contributed by atoms with E-state index in [1.165, 1.54) is 13.0 Å². The Morgan fingerprint density at radius 3 is 2.69 bits per heavy atom. The average Bonchev–Trinajstić information content (AvgIpc) is 3.50. The smallest absolute Gasteiger partial charge is 0.251 e. The van der Waals surface area contributed by atoms with Crippen molar-refractivity contribution in [3.8, 4) is 0 Å². The van der Waals surface area contributed by atoms with E-state index in [1.807, 2.05) is 16.7 Å². The van der Waals surface area contributed by atoms with Crippen molar-refractivity contribution in [1.29, 1.82) is 0 Å². The van der Waals surface area contributed by atoms with Gasteiger partial charge in [0.15, 0.2) is 0 Å². The Kier molecular flexibility index (Phi) is 8.64. The Bertz CT molecular complexity index is 974. The second-order valence-corrected chi connectivity index (χ2v) is 10.4. The van der Waals surface area contributed by atoms with Crippen molar-refractivity contribution in [2.45, 2.75) is 51.4 Å². The molecule has 4 atom stereocenters. The molecule has 3 heterocycles. The first-order valence-corrected chi connectivity index (χ1v) is 12.9. The van der Waals surface area contributed by atoms with Crippen LogP contribution in [0, 0.1) is 23.5 Å². The second-order valence-electron chi connectivity index (χ2n) is 10.4. The van der Waals surface area contributed by atoms with Gasteiger partial charge in [-0.05, 0) is 76.2 Å². The first-order valence-electron chi connectivity index (χ1n) is 12.9. The number of nitrogens with one attached hydrogen (secondary N) is 2. The lowest BCUT2D eigenvalue weighted by Gasteiger charge is -2.46. The number of aliphatic hydroxyl groups is 1. The predicted molar refractivity (Wildman–Crippen MR) is 134 cm³/mol. The van der Waals surface area contributed by atoms with E-state index in [9.17, 15) is 18.7 Å². The zero-order valence-corrected chi connectivity index (χ0v) is 21.2. The maximum atomic E-state index is 14.8. The number of nitrogens with zero attached hydrogens (tertiary/aromatic N) is 2. The van der Waals surface area contributed by atoms with E-state index < -0.39 is 23.9 Å². The van der Waals surface area contributed by atoms with Crippen molar-refractivity contribution < 1.29 is 23.4 Å². The zero-order valence-electron chi connectivity index (χ0n) is 21.2. The Morgan fingerprint density at radius 1 is 1.31 bits per heavy atom. The minimum absolute atomic E-state index is 0.103. The highest BCUT2D eigenvalue weighted by Gasteiger charge is 2.44. The van der Waals surface area contributed by atoms with E-state index in [2.05, 4.69) is 17.2 Å². The van der Waals surface area contributed by atoms with Crippen LogP contribution in [0.3, 0.4) is 0 Å². The van der Waals surface area contributed by atoms with Crippen molar-refractivity contribution in [3.05, 3.63) is 53.7 Å². The first-order chi connectivity index (χ1) is 17.2. The molecule has 3 unspecified atom stereocenters. The van der Waals surface area contributed by atoms with Crippen molar-refractivity contribution in [3.63, 3.8) is 0 Å². The standard InChI is InChI=1S/C27H38F2N4O3/c1-17(2)14-32-16-24(22-12-21(28)4-5-23(22)29)31-26(32)25(20-7-10-36-11-8-20)33(27(35)18(3)34)15-19-6-9-30-13-19/h4-5,12,16,18-20,25-26,30-31,34H,1,6-11,13-15H2,2-3H3/t18-,19?,25?,26?/m0/s1. The lowest BCUT2D eigenvalue weighted by Crippen LogP contribution is -2.61. The highest BCUT2D eigenvalue weighted by Crippen LogP contribution is 2.34. The largest absolute Gasteiger partial charge is 0.384 e. The van der Waals surface area contributed by atoms with Gasteiger partial charge in [-0.15, -0.1) is 0 Å². The fourth-order valence-electron chi connectivity index (χ4n) is 5.60. The number of rotatable bonds is 9. The molecule has 2 saturated heterocycles. The van der Waals surface area contributed by atoms with Crippen LogP contribution in [-0.2, 0) is 9.53 Å². The minimum atomic E-state index is -1.15. The van der Waals surface area contributed by atoms with E-state index in [0.717, 1.165) is 50.1 Å². The van der Waals surface area contributed by atoms with E-state index in [4.69, 9.17) is 4.74 Å². The minimum Gasteiger partial charge on any atom is -0.384 e. The van der Waals surface area contributed by atoms with E-state index in [-0.39, 0.29) is 29.3 Å². The molecular weight excluding hydrogens is 466 g/mol. The Hall–Kier alpha value is -2.49. The number of halogens is 2. The molecule has 4 rings (SSSR count). The summed E-state index contributed by atoms with van der Waals surface area (Å²) in [5.74, 6) is -0.988. The van der Waals surface area contributed by atoms with E-state index in [1.54, 1.807) is 6.20 Å². The van der Waals surface area contributed by atoms with Crippen LogP contribution in [0.1, 0.15) is 38.7 Å². The van der Waals surface area contributed by atoms with Gasteiger partial charge in [0.2, 0.25) is 0 Å². The Morgan fingerprint density at radius 2 is 2.06 bits per heavy atom. The van der Waals surface area contributed by atoms with Gasteiger partial charge in [-0.3, -0.25) is 4.79 Å². The van der Waals surface area contributed by atoms with Gasteiger partial charge < -0.3 is 30.3 Å². The van der Waals surface area contributed by atoms with Crippen LogP contribution in [0.2, 0.25) is 0 Å². The molecule has 198 valence electrons. The molecule has 3 aliphatic rings. The van der Waals surface area contributed by atoms with Gasteiger partial charge in [0.05, 0.1) is 11.7 Å². The second kappa shape index (κ2) is 11.7. The van der Waals surface area contributed by atoms with Gasteiger partial charge in [-0.1, -0.05) is 12.2 Å². The van der Waals surface area contributed by atoms with Crippen LogP contribution in [-0.4, -0.2) is 78.5 Å². The fraction of sp³-hybridized carbons (Fsp3) is 0.593. The lowest BCUT2D eigenvalue weighted by molar-refractivity contribution is -0.147. The van der Waals surface area contributed by atoms with Gasteiger partial charge in [0.1, 0.15) is 23.9 Å². The summed E-state index contributed by atoms with van der Waals surface area (Å²) in [5.41, 5.74) is 1.50. The highest BCUT2D eigenvalue weighted by atomic mass is 19.1. The summed E-state index contributed by atoms with van der Waals surface area (Å²) in [6.07, 6.45) is 2.73. The van der Waals surface area contributed by atoms with Crippen LogP contribution >= 0.6 is 0 Å².